The van der Waals surface area contributed by atoms with Crippen LogP contribution < -0.4 is 5.73 Å². The number of likely N-dealkylation sites (tertiary alicyclic amines) is 1. The molecule has 1 fully saturated rings. The van der Waals surface area contributed by atoms with Gasteiger partial charge in [-0.05, 0) is 61.8 Å². The highest BCUT2D eigenvalue weighted by atomic mass is 16.6. The van der Waals surface area contributed by atoms with Crippen LogP contribution in [0.15, 0.2) is 12.2 Å². The standard InChI is InChI=1S/C21H38N2O6/c1-9-10-13-11-14(17(25)28-19(2,3)4)23(18(26)29-20(5,6)7)15(13)16(22)21(8,27)12-24/h9-10,13-16,24,27H,11-12,22H2,1-8H3/b10-9-/t13-,14-,15-,16-,21+/m1/s1. The molecule has 1 heterocycles. The minimum atomic E-state index is -1.66. The molecule has 8 nitrogen and oxygen atoms in total. The molecule has 0 spiro atoms. The molecule has 0 aromatic heterocycles. The lowest BCUT2D eigenvalue weighted by atomic mass is 9.84. The molecule has 0 aliphatic carbocycles. The van der Waals surface area contributed by atoms with E-state index in [0.29, 0.717) is 0 Å². The highest BCUT2D eigenvalue weighted by Crippen LogP contribution is 2.37. The summed E-state index contributed by atoms with van der Waals surface area (Å²) in [5, 5.41) is 20.2. The lowest BCUT2D eigenvalue weighted by Crippen LogP contribution is -2.62. The predicted molar refractivity (Wildman–Crippen MR) is 110 cm³/mol. The SMILES string of the molecule is C/C=C\[C@@H]1C[C@H](C(=O)OC(C)(C)C)N(C(=O)OC(C)(C)C)[C@H]1[C@@H](N)[C@@](C)(O)CO. The number of hydrogen-bond donors (Lipinski definition) is 3. The maximum atomic E-state index is 13.1. The Morgan fingerprint density at radius 1 is 1.14 bits per heavy atom. The van der Waals surface area contributed by atoms with E-state index in [9.17, 15) is 19.8 Å². The Hall–Kier alpha value is -1.64. The maximum absolute atomic E-state index is 13.1. The first-order valence-corrected chi connectivity index (χ1v) is 10.00. The van der Waals surface area contributed by atoms with Crippen molar-refractivity contribution in [1.29, 1.82) is 0 Å². The molecule has 1 aliphatic heterocycles. The molecule has 1 aliphatic rings. The molecule has 1 rings (SSSR count). The topological polar surface area (TPSA) is 122 Å². The van der Waals surface area contributed by atoms with E-state index in [1.165, 1.54) is 11.8 Å². The molecule has 1 saturated heterocycles. The predicted octanol–water partition coefficient (Wildman–Crippen LogP) is 1.97. The smallest absolute Gasteiger partial charge is 0.411 e. The molecule has 0 saturated carbocycles. The van der Waals surface area contributed by atoms with Crippen LogP contribution >= 0.6 is 0 Å². The Labute approximate surface area is 174 Å². The van der Waals surface area contributed by atoms with Gasteiger partial charge in [0.2, 0.25) is 0 Å². The fraction of sp³-hybridized carbons (Fsp3) is 0.810. The van der Waals surface area contributed by atoms with Crippen molar-refractivity contribution in [1.82, 2.24) is 4.90 Å². The first-order valence-electron chi connectivity index (χ1n) is 10.00. The highest BCUT2D eigenvalue weighted by molar-refractivity contribution is 5.83. The van der Waals surface area contributed by atoms with Crippen molar-refractivity contribution in [2.45, 2.75) is 96.7 Å². The number of hydrogen-bond acceptors (Lipinski definition) is 7. The Kier molecular flexibility index (Phi) is 7.90. The Balaban J connectivity index is 3.44. The van der Waals surface area contributed by atoms with Crippen molar-refractivity contribution in [3.8, 4) is 0 Å². The van der Waals surface area contributed by atoms with Crippen molar-refractivity contribution >= 4 is 12.1 Å². The number of amides is 1. The molecule has 5 atom stereocenters. The lowest BCUT2D eigenvalue weighted by molar-refractivity contribution is -0.161. The van der Waals surface area contributed by atoms with Gasteiger partial charge in [0.25, 0.3) is 0 Å². The van der Waals surface area contributed by atoms with Crippen LogP contribution in [0.3, 0.4) is 0 Å². The zero-order chi connectivity index (χ0) is 22.8. The summed E-state index contributed by atoms with van der Waals surface area (Å²) in [6.07, 6.45) is 3.22. The van der Waals surface area contributed by atoms with Crippen molar-refractivity contribution in [3.63, 3.8) is 0 Å². The zero-order valence-electron chi connectivity index (χ0n) is 18.9. The van der Waals surface area contributed by atoms with E-state index in [1.54, 1.807) is 41.5 Å². The number of nitrogens with two attached hydrogens (primary N) is 1. The van der Waals surface area contributed by atoms with Crippen LogP contribution in [-0.2, 0) is 14.3 Å². The number of nitrogens with zero attached hydrogens (tertiary/aromatic N) is 1. The van der Waals surface area contributed by atoms with Gasteiger partial charge in [-0.3, -0.25) is 4.90 Å². The third-order valence-electron chi connectivity index (χ3n) is 4.72. The lowest BCUT2D eigenvalue weighted by Gasteiger charge is -2.40. The van der Waals surface area contributed by atoms with Crippen molar-refractivity contribution in [2.75, 3.05) is 6.61 Å². The minimum absolute atomic E-state index is 0.276. The number of allylic oxidation sites excluding steroid dienone is 1. The van der Waals surface area contributed by atoms with Gasteiger partial charge in [-0.25, -0.2) is 9.59 Å². The molecule has 0 aromatic rings. The van der Waals surface area contributed by atoms with Gasteiger partial charge < -0.3 is 25.4 Å². The van der Waals surface area contributed by atoms with E-state index in [1.807, 2.05) is 19.1 Å². The third kappa shape index (κ3) is 6.69. The maximum Gasteiger partial charge on any atom is 0.411 e. The van der Waals surface area contributed by atoms with Crippen molar-refractivity contribution in [2.24, 2.45) is 11.7 Å². The Morgan fingerprint density at radius 3 is 2.07 bits per heavy atom. The molecule has 29 heavy (non-hydrogen) atoms. The molecule has 0 bridgehead atoms. The Morgan fingerprint density at radius 2 is 1.66 bits per heavy atom. The molecule has 168 valence electrons. The molecular weight excluding hydrogens is 376 g/mol. The van der Waals surface area contributed by atoms with E-state index in [0.717, 1.165) is 0 Å². The van der Waals surface area contributed by atoms with Crippen LogP contribution in [-0.4, -0.2) is 68.7 Å². The van der Waals surface area contributed by atoms with E-state index >= 15 is 0 Å². The van der Waals surface area contributed by atoms with Crippen LogP contribution in [0.4, 0.5) is 4.79 Å². The number of ether oxygens (including phenoxy) is 2. The summed E-state index contributed by atoms with van der Waals surface area (Å²) in [4.78, 5) is 27.3. The van der Waals surface area contributed by atoms with Crippen LogP contribution in [0.25, 0.3) is 0 Å². The summed E-state index contributed by atoms with van der Waals surface area (Å²) in [7, 11) is 0. The summed E-state index contributed by atoms with van der Waals surface area (Å²) in [5.41, 5.74) is 3.14. The number of aliphatic hydroxyl groups is 2. The van der Waals surface area contributed by atoms with Crippen molar-refractivity contribution < 1.29 is 29.3 Å². The van der Waals surface area contributed by atoms with Gasteiger partial charge in [0.05, 0.1) is 18.7 Å². The van der Waals surface area contributed by atoms with E-state index in [2.05, 4.69) is 0 Å². The summed E-state index contributed by atoms with van der Waals surface area (Å²) in [6, 6.07) is -2.70. The van der Waals surface area contributed by atoms with Gasteiger partial charge in [-0.2, -0.15) is 0 Å². The number of rotatable bonds is 5. The monoisotopic (exact) mass is 414 g/mol. The van der Waals surface area contributed by atoms with E-state index in [4.69, 9.17) is 15.2 Å². The molecule has 0 unspecified atom stereocenters. The summed E-state index contributed by atoms with van der Waals surface area (Å²) >= 11 is 0. The molecule has 1 amide bonds. The van der Waals surface area contributed by atoms with Crippen molar-refractivity contribution in [3.05, 3.63) is 12.2 Å². The van der Waals surface area contributed by atoms with Gasteiger partial charge in [0.1, 0.15) is 22.8 Å². The average molecular weight is 415 g/mol. The number of aliphatic hydroxyl groups excluding tert-OH is 1. The summed E-state index contributed by atoms with van der Waals surface area (Å²) in [6.45, 7) is 13.1. The van der Waals surface area contributed by atoms with E-state index < -0.39 is 53.6 Å². The number of carbonyl (C=O) groups excluding carboxylic acids is 2. The summed E-state index contributed by atoms with van der Waals surface area (Å²) in [5.74, 6) is -0.880. The van der Waals surface area contributed by atoms with Crippen LogP contribution in [0.2, 0.25) is 0 Å². The van der Waals surface area contributed by atoms with E-state index in [-0.39, 0.29) is 12.3 Å². The largest absolute Gasteiger partial charge is 0.458 e. The summed E-state index contributed by atoms with van der Waals surface area (Å²) < 4.78 is 11.1. The third-order valence-corrected chi connectivity index (χ3v) is 4.72. The van der Waals surface area contributed by atoms with Gasteiger partial charge >= 0.3 is 12.1 Å². The van der Waals surface area contributed by atoms with Gasteiger partial charge in [0.15, 0.2) is 0 Å². The quantitative estimate of drug-likeness (QED) is 0.464. The van der Waals surface area contributed by atoms with Gasteiger partial charge in [-0.15, -0.1) is 0 Å². The average Bonchev–Trinajstić information content (AvgIpc) is 2.90. The second kappa shape index (κ2) is 9.02. The minimum Gasteiger partial charge on any atom is -0.458 e. The number of esters is 1. The number of carbonyl (C=O) groups is 2. The first kappa shape index (κ1) is 25.4. The zero-order valence-corrected chi connectivity index (χ0v) is 18.9. The Bertz CT molecular complexity index is 618. The second-order valence-electron chi connectivity index (χ2n) is 9.89. The van der Waals surface area contributed by atoms with Gasteiger partial charge in [-0.1, -0.05) is 12.2 Å². The van der Waals surface area contributed by atoms with Crippen LogP contribution in [0.5, 0.6) is 0 Å². The fourth-order valence-corrected chi connectivity index (χ4v) is 3.42. The van der Waals surface area contributed by atoms with Crippen LogP contribution in [0, 0.1) is 5.92 Å². The first-order chi connectivity index (χ1) is 13.0. The molecular formula is C21H38N2O6. The van der Waals surface area contributed by atoms with Gasteiger partial charge in [0, 0.05) is 5.92 Å². The fourth-order valence-electron chi connectivity index (χ4n) is 3.42. The molecule has 0 radical (unpaired) electrons. The second-order valence-corrected chi connectivity index (χ2v) is 9.89. The molecule has 8 heteroatoms. The highest BCUT2D eigenvalue weighted by Gasteiger charge is 2.54. The molecule has 4 N–H and O–H groups in total. The normalized spacial score (nSPS) is 26.3. The molecule has 0 aromatic carbocycles. The van der Waals surface area contributed by atoms with Crippen LogP contribution in [0.1, 0.15) is 61.8 Å².